The zero-order chi connectivity index (χ0) is 13.0. The zero-order valence-electron chi connectivity index (χ0n) is 11.0. The number of hydrogen-bond acceptors (Lipinski definition) is 5. The molecule has 1 atom stereocenters. The summed E-state index contributed by atoms with van der Waals surface area (Å²) in [6, 6.07) is 0. The Morgan fingerprint density at radius 3 is 3.00 bits per heavy atom. The molecule has 1 aromatic heterocycles. The number of aromatic nitrogens is 2. The van der Waals surface area contributed by atoms with Crippen molar-refractivity contribution >= 4 is 22.4 Å². The minimum absolute atomic E-state index is 0.0352. The minimum atomic E-state index is 0.0352. The van der Waals surface area contributed by atoms with Crippen LogP contribution in [-0.4, -0.2) is 40.6 Å². The zero-order valence-corrected chi connectivity index (χ0v) is 11.8. The first kappa shape index (κ1) is 13.3. The van der Waals surface area contributed by atoms with Gasteiger partial charge in [0.25, 0.3) is 5.91 Å². The number of amides is 1. The van der Waals surface area contributed by atoms with Crippen molar-refractivity contribution in [2.45, 2.75) is 33.1 Å². The average molecular weight is 268 g/mol. The monoisotopic (exact) mass is 268 g/mol. The number of hydrogen-bond donors (Lipinski definition) is 1. The Hall–Kier alpha value is -1.17. The van der Waals surface area contributed by atoms with Gasteiger partial charge in [-0.2, -0.15) is 0 Å². The Morgan fingerprint density at radius 1 is 1.50 bits per heavy atom. The summed E-state index contributed by atoms with van der Waals surface area (Å²) in [5.41, 5.74) is 0. The second-order valence-electron chi connectivity index (χ2n) is 4.65. The Morgan fingerprint density at radius 2 is 2.33 bits per heavy atom. The maximum Gasteiger partial charge on any atom is 0.284 e. The van der Waals surface area contributed by atoms with Crippen molar-refractivity contribution in [3.63, 3.8) is 0 Å². The third-order valence-corrected chi connectivity index (χ3v) is 4.15. The third kappa shape index (κ3) is 2.98. The molecule has 0 aromatic carbocycles. The topological polar surface area (TPSA) is 58.1 Å². The van der Waals surface area contributed by atoms with E-state index in [1.165, 1.54) is 11.3 Å². The lowest BCUT2D eigenvalue weighted by molar-refractivity contribution is 0.0785. The molecule has 1 aliphatic heterocycles. The molecule has 0 spiro atoms. The van der Waals surface area contributed by atoms with Gasteiger partial charge in [-0.25, -0.2) is 0 Å². The molecule has 1 saturated heterocycles. The Kier molecular flexibility index (Phi) is 4.52. The van der Waals surface area contributed by atoms with Crippen LogP contribution in [-0.2, 0) is 0 Å². The second kappa shape index (κ2) is 6.13. The Balaban J connectivity index is 1.94. The van der Waals surface area contributed by atoms with Crippen molar-refractivity contribution in [2.75, 3.05) is 25.0 Å². The first-order valence-electron chi connectivity index (χ1n) is 6.61. The Labute approximate surface area is 112 Å². The smallest absolute Gasteiger partial charge is 0.284 e. The first-order chi connectivity index (χ1) is 8.74. The van der Waals surface area contributed by atoms with Gasteiger partial charge in [-0.05, 0) is 18.8 Å². The van der Waals surface area contributed by atoms with Crippen LogP contribution in [0.2, 0.25) is 0 Å². The molecule has 1 aliphatic rings. The number of nitrogens with zero attached hydrogens (tertiary/aromatic N) is 3. The molecule has 1 amide bonds. The molecule has 0 aliphatic carbocycles. The summed E-state index contributed by atoms with van der Waals surface area (Å²) < 4.78 is 0. The van der Waals surface area contributed by atoms with E-state index in [-0.39, 0.29) is 5.91 Å². The van der Waals surface area contributed by atoms with E-state index in [1.807, 2.05) is 4.90 Å². The highest BCUT2D eigenvalue weighted by Gasteiger charge is 2.27. The van der Waals surface area contributed by atoms with E-state index < -0.39 is 0 Å². The molecular formula is C12H20N4OS. The summed E-state index contributed by atoms with van der Waals surface area (Å²) in [6.07, 6.45) is 3.29. The lowest BCUT2D eigenvalue weighted by Crippen LogP contribution is -2.28. The molecule has 2 rings (SSSR count). The fourth-order valence-corrected chi connectivity index (χ4v) is 2.84. The van der Waals surface area contributed by atoms with Crippen LogP contribution in [0, 0.1) is 5.92 Å². The number of rotatable bonds is 5. The van der Waals surface area contributed by atoms with Crippen molar-refractivity contribution in [2.24, 2.45) is 5.92 Å². The largest absolute Gasteiger partial charge is 0.360 e. The van der Waals surface area contributed by atoms with E-state index in [4.69, 9.17) is 0 Å². The first-order valence-corrected chi connectivity index (χ1v) is 7.42. The fraction of sp³-hybridized carbons (Fsp3) is 0.750. The summed E-state index contributed by atoms with van der Waals surface area (Å²) in [4.78, 5) is 14.1. The molecule has 100 valence electrons. The van der Waals surface area contributed by atoms with E-state index in [0.717, 1.165) is 44.0 Å². The van der Waals surface area contributed by atoms with Gasteiger partial charge in [-0.1, -0.05) is 31.6 Å². The lowest BCUT2D eigenvalue weighted by atomic mass is 10.1. The number of anilines is 1. The summed E-state index contributed by atoms with van der Waals surface area (Å²) in [5.74, 6) is 0.688. The van der Waals surface area contributed by atoms with Crippen LogP contribution < -0.4 is 5.32 Å². The van der Waals surface area contributed by atoms with Crippen LogP contribution in [0.15, 0.2) is 0 Å². The van der Waals surface area contributed by atoms with Gasteiger partial charge < -0.3 is 10.2 Å². The summed E-state index contributed by atoms with van der Waals surface area (Å²) in [6.45, 7) is 6.86. The number of likely N-dealkylation sites (tertiary alicyclic amines) is 1. The molecule has 18 heavy (non-hydrogen) atoms. The van der Waals surface area contributed by atoms with Gasteiger partial charge in [-0.15, -0.1) is 10.2 Å². The molecule has 0 radical (unpaired) electrons. The predicted octanol–water partition coefficient (Wildman–Crippen LogP) is 2.23. The van der Waals surface area contributed by atoms with Crippen LogP contribution >= 0.6 is 11.3 Å². The van der Waals surface area contributed by atoms with E-state index in [1.54, 1.807) is 0 Å². The average Bonchev–Trinajstić information content (AvgIpc) is 3.04. The quantitative estimate of drug-likeness (QED) is 0.889. The van der Waals surface area contributed by atoms with Crippen LogP contribution in [0.1, 0.15) is 42.9 Å². The van der Waals surface area contributed by atoms with Crippen LogP contribution in [0.5, 0.6) is 0 Å². The van der Waals surface area contributed by atoms with Gasteiger partial charge in [0.1, 0.15) is 0 Å². The highest BCUT2D eigenvalue weighted by Crippen LogP contribution is 2.23. The van der Waals surface area contributed by atoms with Gasteiger partial charge >= 0.3 is 0 Å². The number of carbonyl (C=O) groups is 1. The molecule has 0 saturated carbocycles. The van der Waals surface area contributed by atoms with Crippen LogP contribution in [0.25, 0.3) is 0 Å². The van der Waals surface area contributed by atoms with Crippen molar-refractivity contribution in [1.82, 2.24) is 15.1 Å². The van der Waals surface area contributed by atoms with Gasteiger partial charge in [0.2, 0.25) is 10.1 Å². The summed E-state index contributed by atoms with van der Waals surface area (Å²) in [5, 5.41) is 12.4. The molecule has 6 heteroatoms. The SMILES string of the molecule is CCCNc1nnc(C(=O)N2CCC(CC)C2)s1. The predicted molar refractivity (Wildman–Crippen MR) is 73.0 cm³/mol. The van der Waals surface area contributed by atoms with Gasteiger partial charge in [0.05, 0.1) is 0 Å². The summed E-state index contributed by atoms with van der Waals surface area (Å²) >= 11 is 1.35. The Bertz CT molecular complexity index is 407. The van der Waals surface area contributed by atoms with Gasteiger partial charge in [0, 0.05) is 19.6 Å². The van der Waals surface area contributed by atoms with Crippen molar-refractivity contribution < 1.29 is 4.79 Å². The summed E-state index contributed by atoms with van der Waals surface area (Å²) in [7, 11) is 0. The molecule has 1 fully saturated rings. The lowest BCUT2D eigenvalue weighted by Gasteiger charge is -2.13. The van der Waals surface area contributed by atoms with Gasteiger partial charge in [-0.3, -0.25) is 4.79 Å². The molecule has 5 nitrogen and oxygen atoms in total. The van der Waals surface area contributed by atoms with Crippen LogP contribution in [0.4, 0.5) is 5.13 Å². The van der Waals surface area contributed by atoms with E-state index >= 15 is 0 Å². The molecule has 0 bridgehead atoms. The van der Waals surface area contributed by atoms with Crippen molar-refractivity contribution in [3.8, 4) is 0 Å². The van der Waals surface area contributed by atoms with E-state index in [9.17, 15) is 4.79 Å². The molecule has 2 heterocycles. The van der Waals surface area contributed by atoms with E-state index in [2.05, 4.69) is 29.4 Å². The normalized spacial score (nSPS) is 19.2. The maximum absolute atomic E-state index is 12.2. The van der Waals surface area contributed by atoms with Crippen LogP contribution in [0.3, 0.4) is 0 Å². The number of nitrogens with one attached hydrogen (secondary N) is 1. The second-order valence-corrected chi connectivity index (χ2v) is 5.63. The third-order valence-electron chi connectivity index (χ3n) is 3.28. The minimum Gasteiger partial charge on any atom is -0.360 e. The van der Waals surface area contributed by atoms with E-state index in [0.29, 0.717) is 10.9 Å². The fourth-order valence-electron chi connectivity index (χ4n) is 2.10. The standard InChI is InChI=1S/C12H20N4OS/c1-3-6-13-12-15-14-10(18-12)11(17)16-7-5-9(4-2)8-16/h9H,3-8H2,1-2H3,(H,13,15). The molecule has 1 N–H and O–H groups in total. The maximum atomic E-state index is 12.2. The van der Waals surface area contributed by atoms with Gasteiger partial charge in [0.15, 0.2) is 0 Å². The number of carbonyl (C=O) groups excluding carboxylic acids is 1. The van der Waals surface area contributed by atoms with Crippen molar-refractivity contribution in [1.29, 1.82) is 0 Å². The molecular weight excluding hydrogens is 248 g/mol. The highest BCUT2D eigenvalue weighted by atomic mass is 32.1. The molecule has 1 aromatic rings. The molecule has 1 unspecified atom stereocenters. The highest BCUT2D eigenvalue weighted by molar-refractivity contribution is 7.17. The van der Waals surface area contributed by atoms with Crippen molar-refractivity contribution in [3.05, 3.63) is 5.01 Å².